The monoisotopic (exact) mass is 287 g/mol. The molecule has 20 heavy (non-hydrogen) atoms. The Bertz CT molecular complexity index is 473. The van der Waals surface area contributed by atoms with E-state index in [0.717, 1.165) is 25.8 Å². The molecular weight excluding hydrogens is 262 g/mol. The maximum Gasteiger partial charge on any atom is 0.0148 e. The van der Waals surface area contributed by atoms with Crippen LogP contribution in [0.4, 0.5) is 0 Å². The number of hydrogen-bond acceptors (Lipinski definition) is 2. The van der Waals surface area contributed by atoms with Gasteiger partial charge >= 0.3 is 0 Å². The van der Waals surface area contributed by atoms with Crippen molar-refractivity contribution in [2.75, 3.05) is 6.54 Å². The van der Waals surface area contributed by atoms with Crippen LogP contribution in [-0.2, 0) is 19.3 Å². The van der Waals surface area contributed by atoms with Gasteiger partial charge in [-0.05, 0) is 65.7 Å². The van der Waals surface area contributed by atoms with E-state index in [0.29, 0.717) is 6.04 Å². The highest BCUT2D eigenvalue weighted by molar-refractivity contribution is 7.07. The Balaban J connectivity index is 1.98. The lowest BCUT2D eigenvalue weighted by Gasteiger charge is -2.18. The number of rotatable bonds is 8. The largest absolute Gasteiger partial charge is 0.313 e. The summed E-state index contributed by atoms with van der Waals surface area (Å²) in [6.45, 7) is 5.53. The SMILES string of the molecule is CCCNC(Cc1ccc(CC)cc1)Cc1ccsc1. The van der Waals surface area contributed by atoms with Crippen LogP contribution < -0.4 is 5.32 Å². The van der Waals surface area contributed by atoms with E-state index in [2.05, 4.69) is 60.3 Å². The summed E-state index contributed by atoms with van der Waals surface area (Å²) in [4.78, 5) is 0. The molecule has 2 aromatic rings. The van der Waals surface area contributed by atoms with Crippen molar-refractivity contribution in [1.29, 1.82) is 0 Å². The minimum absolute atomic E-state index is 0.539. The maximum atomic E-state index is 3.69. The summed E-state index contributed by atoms with van der Waals surface area (Å²) < 4.78 is 0. The number of nitrogens with one attached hydrogen (secondary N) is 1. The van der Waals surface area contributed by atoms with Crippen molar-refractivity contribution < 1.29 is 0 Å². The molecule has 2 rings (SSSR count). The molecule has 0 spiro atoms. The Morgan fingerprint density at radius 2 is 1.65 bits per heavy atom. The summed E-state index contributed by atoms with van der Waals surface area (Å²) in [7, 11) is 0. The normalized spacial score (nSPS) is 12.5. The van der Waals surface area contributed by atoms with Crippen LogP contribution in [0.15, 0.2) is 41.1 Å². The predicted octanol–water partition coefficient (Wildman–Crippen LogP) is 4.46. The van der Waals surface area contributed by atoms with Crippen LogP contribution in [0.25, 0.3) is 0 Å². The van der Waals surface area contributed by atoms with Gasteiger partial charge in [0.2, 0.25) is 0 Å². The van der Waals surface area contributed by atoms with E-state index in [4.69, 9.17) is 0 Å². The summed E-state index contributed by atoms with van der Waals surface area (Å²) in [5, 5.41) is 8.12. The Kier molecular flexibility index (Phi) is 6.28. The zero-order valence-electron chi connectivity index (χ0n) is 12.6. The van der Waals surface area contributed by atoms with Crippen LogP contribution in [0.5, 0.6) is 0 Å². The van der Waals surface area contributed by atoms with Gasteiger partial charge in [-0.2, -0.15) is 11.3 Å². The van der Waals surface area contributed by atoms with Crippen molar-refractivity contribution in [2.45, 2.75) is 45.6 Å². The third-order valence-corrected chi connectivity index (χ3v) is 4.39. The fourth-order valence-electron chi connectivity index (χ4n) is 2.45. The summed E-state index contributed by atoms with van der Waals surface area (Å²) in [5.41, 5.74) is 4.31. The molecule has 2 heteroatoms. The first-order valence-corrected chi connectivity index (χ1v) is 8.58. The van der Waals surface area contributed by atoms with E-state index in [-0.39, 0.29) is 0 Å². The highest BCUT2D eigenvalue weighted by Crippen LogP contribution is 2.13. The standard InChI is InChI=1S/C18H25NS/c1-3-10-19-18(13-17-9-11-20-14-17)12-16-7-5-15(4-2)6-8-16/h5-9,11,14,18-19H,3-4,10,12-13H2,1-2H3. The first-order valence-electron chi connectivity index (χ1n) is 7.64. The third-order valence-electron chi connectivity index (χ3n) is 3.66. The second-order valence-corrected chi connectivity index (χ2v) is 6.14. The average Bonchev–Trinajstić information content (AvgIpc) is 2.98. The Hall–Kier alpha value is -1.12. The molecule has 1 nitrogen and oxygen atoms in total. The number of hydrogen-bond donors (Lipinski definition) is 1. The molecule has 0 aliphatic heterocycles. The zero-order chi connectivity index (χ0) is 14.2. The lowest BCUT2D eigenvalue weighted by molar-refractivity contribution is 0.505. The Morgan fingerprint density at radius 1 is 0.950 bits per heavy atom. The minimum atomic E-state index is 0.539. The molecule has 0 aliphatic rings. The fourth-order valence-corrected chi connectivity index (χ4v) is 3.14. The molecule has 0 saturated heterocycles. The first kappa shape index (κ1) is 15.3. The van der Waals surface area contributed by atoms with E-state index in [1.54, 1.807) is 11.3 Å². The second-order valence-electron chi connectivity index (χ2n) is 5.36. The maximum absolute atomic E-state index is 3.69. The van der Waals surface area contributed by atoms with Gasteiger partial charge in [-0.15, -0.1) is 0 Å². The summed E-state index contributed by atoms with van der Waals surface area (Å²) in [6.07, 6.45) is 4.54. The van der Waals surface area contributed by atoms with Gasteiger partial charge in [-0.3, -0.25) is 0 Å². The van der Waals surface area contributed by atoms with E-state index in [1.165, 1.54) is 23.1 Å². The van der Waals surface area contributed by atoms with Crippen LogP contribution in [-0.4, -0.2) is 12.6 Å². The van der Waals surface area contributed by atoms with E-state index >= 15 is 0 Å². The second kappa shape index (κ2) is 8.23. The molecule has 1 atom stereocenters. The molecular formula is C18H25NS. The van der Waals surface area contributed by atoms with Crippen molar-refractivity contribution in [3.8, 4) is 0 Å². The van der Waals surface area contributed by atoms with Crippen LogP contribution >= 0.6 is 11.3 Å². The number of aryl methyl sites for hydroxylation is 1. The molecule has 108 valence electrons. The molecule has 0 saturated carbocycles. The molecule has 1 aromatic carbocycles. The van der Waals surface area contributed by atoms with Crippen LogP contribution in [0.2, 0.25) is 0 Å². The molecule has 0 fully saturated rings. The first-order chi connectivity index (χ1) is 9.81. The molecule has 0 amide bonds. The van der Waals surface area contributed by atoms with E-state index in [9.17, 15) is 0 Å². The molecule has 1 unspecified atom stereocenters. The topological polar surface area (TPSA) is 12.0 Å². The van der Waals surface area contributed by atoms with Crippen molar-refractivity contribution in [1.82, 2.24) is 5.32 Å². The van der Waals surface area contributed by atoms with Crippen LogP contribution in [0.1, 0.15) is 37.0 Å². The number of benzene rings is 1. The zero-order valence-corrected chi connectivity index (χ0v) is 13.4. The predicted molar refractivity (Wildman–Crippen MR) is 89.6 cm³/mol. The summed E-state index contributed by atoms with van der Waals surface area (Å²) >= 11 is 1.79. The molecule has 0 radical (unpaired) electrons. The Labute approximate surface area is 127 Å². The third kappa shape index (κ3) is 4.77. The van der Waals surface area contributed by atoms with Gasteiger partial charge in [0.15, 0.2) is 0 Å². The van der Waals surface area contributed by atoms with Gasteiger partial charge in [0, 0.05) is 6.04 Å². The molecule has 0 aliphatic carbocycles. The summed E-state index contributed by atoms with van der Waals surface area (Å²) in [5.74, 6) is 0. The van der Waals surface area contributed by atoms with Crippen molar-refractivity contribution in [3.63, 3.8) is 0 Å². The van der Waals surface area contributed by atoms with Crippen LogP contribution in [0.3, 0.4) is 0 Å². The molecule has 1 N–H and O–H groups in total. The molecule has 0 bridgehead atoms. The summed E-state index contributed by atoms with van der Waals surface area (Å²) in [6, 6.07) is 11.9. The molecule has 1 heterocycles. The lowest BCUT2D eigenvalue weighted by atomic mass is 9.99. The van der Waals surface area contributed by atoms with Gasteiger partial charge in [-0.25, -0.2) is 0 Å². The van der Waals surface area contributed by atoms with Crippen molar-refractivity contribution in [2.24, 2.45) is 0 Å². The smallest absolute Gasteiger partial charge is 0.0148 e. The van der Waals surface area contributed by atoms with Crippen molar-refractivity contribution in [3.05, 3.63) is 57.8 Å². The van der Waals surface area contributed by atoms with E-state index < -0.39 is 0 Å². The minimum Gasteiger partial charge on any atom is -0.313 e. The van der Waals surface area contributed by atoms with Gasteiger partial charge < -0.3 is 5.32 Å². The fraction of sp³-hybridized carbons (Fsp3) is 0.444. The number of thiophene rings is 1. The van der Waals surface area contributed by atoms with Gasteiger partial charge in [0.1, 0.15) is 0 Å². The quantitative estimate of drug-likeness (QED) is 0.755. The van der Waals surface area contributed by atoms with Gasteiger partial charge in [-0.1, -0.05) is 38.1 Å². The van der Waals surface area contributed by atoms with E-state index in [1.807, 2.05) is 0 Å². The van der Waals surface area contributed by atoms with Crippen LogP contribution in [0, 0.1) is 0 Å². The highest BCUT2D eigenvalue weighted by Gasteiger charge is 2.10. The highest BCUT2D eigenvalue weighted by atomic mass is 32.1. The van der Waals surface area contributed by atoms with Crippen molar-refractivity contribution >= 4 is 11.3 Å². The lowest BCUT2D eigenvalue weighted by Crippen LogP contribution is -2.33. The van der Waals surface area contributed by atoms with Gasteiger partial charge in [0.05, 0.1) is 0 Å². The van der Waals surface area contributed by atoms with Gasteiger partial charge in [0.25, 0.3) is 0 Å². The Morgan fingerprint density at radius 3 is 2.25 bits per heavy atom. The molecule has 1 aromatic heterocycles. The average molecular weight is 287 g/mol.